The molecule has 0 unspecified atom stereocenters. The van der Waals surface area contributed by atoms with Crippen molar-refractivity contribution < 1.29 is 23.9 Å². The maximum Gasteiger partial charge on any atom is 0.311 e. The van der Waals surface area contributed by atoms with Gasteiger partial charge in [0.1, 0.15) is 5.75 Å². The predicted molar refractivity (Wildman–Crippen MR) is 112 cm³/mol. The summed E-state index contributed by atoms with van der Waals surface area (Å²) in [4.78, 5) is 38.4. The summed E-state index contributed by atoms with van der Waals surface area (Å²) in [5, 5.41) is 0. The first kappa shape index (κ1) is 21.0. The molecule has 29 heavy (non-hydrogen) atoms. The van der Waals surface area contributed by atoms with E-state index in [9.17, 15) is 14.4 Å². The highest BCUT2D eigenvalue weighted by Gasteiger charge is 2.36. The van der Waals surface area contributed by atoms with Crippen LogP contribution in [0.15, 0.2) is 53.0 Å². The first-order valence-electron chi connectivity index (χ1n) is 9.46. The molecular formula is C22H22BrNO5. The van der Waals surface area contributed by atoms with E-state index < -0.39 is 11.9 Å². The lowest BCUT2D eigenvalue weighted by atomic mass is 10.1. The van der Waals surface area contributed by atoms with Crippen molar-refractivity contribution in [3.05, 3.63) is 58.6 Å². The van der Waals surface area contributed by atoms with Crippen molar-refractivity contribution in [2.75, 3.05) is 24.7 Å². The predicted octanol–water partition coefficient (Wildman–Crippen LogP) is 4.02. The van der Waals surface area contributed by atoms with Crippen LogP contribution in [-0.2, 0) is 14.3 Å². The molecule has 2 aromatic rings. The SMILES string of the molecule is CCCOc1ccc(N2C[C@H](C(=O)OCC(=O)c3ccc(Br)cc3)CC2=O)cc1. The number of carbonyl (C=O) groups excluding carboxylic acids is 3. The van der Waals surface area contributed by atoms with Gasteiger partial charge in [-0.1, -0.05) is 35.0 Å². The van der Waals surface area contributed by atoms with Crippen LogP contribution in [-0.4, -0.2) is 37.4 Å². The molecular weight excluding hydrogens is 438 g/mol. The number of benzene rings is 2. The highest BCUT2D eigenvalue weighted by atomic mass is 79.9. The second kappa shape index (κ2) is 9.69. The van der Waals surface area contributed by atoms with E-state index in [0.29, 0.717) is 17.9 Å². The highest BCUT2D eigenvalue weighted by Crippen LogP contribution is 2.27. The summed E-state index contributed by atoms with van der Waals surface area (Å²) >= 11 is 3.31. The molecule has 0 bridgehead atoms. The number of hydrogen-bond acceptors (Lipinski definition) is 5. The number of esters is 1. The molecule has 1 saturated heterocycles. The van der Waals surface area contributed by atoms with E-state index >= 15 is 0 Å². The van der Waals surface area contributed by atoms with E-state index in [1.54, 1.807) is 53.4 Å². The molecule has 1 heterocycles. The van der Waals surface area contributed by atoms with Gasteiger partial charge in [-0.15, -0.1) is 0 Å². The smallest absolute Gasteiger partial charge is 0.311 e. The Bertz CT molecular complexity index is 879. The maximum atomic E-state index is 12.4. The van der Waals surface area contributed by atoms with Crippen LogP contribution < -0.4 is 9.64 Å². The van der Waals surface area contributed by atoms with Crippen LogP contribution in [0.1, 0.15) is 30.1 Å². The third-order valence-corrected chi connectivity index (χ3v) is 5.12. The highest BCUT2D eigenvalue weighted by molar-refractivity contribution is 9.10. The van der Waals surface area contributed by atoms with Gasteiger partial charge in [-0.25, -0.2) is 0 Å². The number of nitrogens with zero attached hydrogens (tertiary/aromatic N) is 1. The zero-order chi connectivity index (χ0) is 20.8. The molecule has 1 amide bonds. The zero-order valence-corrected chi connectivity index (χ0v) is 17.7. The van der Waals surface area contributed by atoms with E-state index in [-0.39, 0.29) is 31.3 Å². The number of Topliss-reactive ketones (excluding diaryl/α,β-unsaturated/α-hetero) is 1. The number of anilines is 1. The minimum Gasteiger partial charge on any atom is -0.494 e. The topological polar surface area (TPSA) is 72.9 Å². The van der Waals surface area contributed by atoms with Gasteiger partial charge in [-0.05, 0) is 42.8 Å². The van der Waals surface area contributed by atoms with Gasteiger partial charge in [-0.3, -0.25) is 14.4 Å². The number of ether oxygens (including phenoxy) is 2. The Hall–Kier alpha value is -2.67. The van der Waals surface area contributed by atoms with E-state index in [0.717, 1.165) is 16.6 Å². The molecule has 7 heteroatoms. The van der Waals surface area contributed by atoms with Gasteiger partial charge in [0.25, 0.3) is 0 Å². The van der Waals surface area contributed by atoms with Gasteiger partial charge >= 0.3 is 5.97 Å². The second-order valence-electron chi connectivity index (χ2n) is 6.79. The Morgan fingerprint density at radius 1 is 1.10 bits per heavy atom. The largest absolute Gasteiger partial charge is 0.494 e. The van der Waals surface area contributed by atoms with Crippen molar-refractivity contribution in [1.82, 2.24) is 0 Å². The lowest BCUT2D eigenvalue weighted by molar-refractivity contribution is -0.147. The van der Waals surface area contributed by atoms with Crippen LogP contribution in [0.3, 0.4) is 0 Å². The van der Waals surface area contributed by atoms with Crippen molar-refractivity contribution in [2.24, 2.45) is 5.92 Å². The summed E-state index contributed by atoms with van der Waals surface area (Å²) < 4.78 is 11.6. The molecule has 0 radical (unpaired) electrons. The molecule has 0 N–H and O–H groups in total. The summed E-state index contributed by atoms with van der Waals surface area (Å²) in [7, 11) is 0. The maximum absolute atomic E-state index is 12.4. The fourth-order valence-electron chi connectivity index (χ4n) is 3.03. The standard InChI is InChI=1S/C22H22BrNO5/c1-2-11-28-19-9-7-18(8-10-19)24-13-16(12-21(24)26)22(27)29-14-20(25)15-3-5-17(23)6-4-15/h3-10,16H,2,11-14H2,1H3/t16-/m1/s1. The van der Waals surface area contributed by atoms with Crippen LogP contribution in [0.4, 0.5) is 5.69 Å². The Morgan fingerprint density at radius 3 is 2.45 bits per heavy atom. The van der Waals surface area contributed by atoms with E-state index in [4.69, 9.17) is 9.47 Å². The molecule has 1 atom stereocenters. The fraction of sp³-hybridized carbons (Fsp3) is 0.318. The van der Waals surface area contributed by atoms with Crippen molar-refractivity contribution >= 4 is 39.3 Å². The fourth-order valence-corrected chi connectivity index (χ4v) is 3.30. The van der Waals surface area contributed by atoms with Crippen molar-refractivity contribution in [1.29, 1.82) is 0 Å². The Morgan fingerprint density at radius 2 is 1.79 bits per heavy atom. The summed E-state index contributed by atoms with van der Waals surface area (Å²) in [6.45, 7) is 2.56. The number of carbonyl (C=O) groups is 3. The van der Waals surface area contributed by atoms with Gasteiger partial charge in [0, 0.05) is 28.7 Å². The molecule has 1 aliphatic rings. The zero-order valence-electron chi connectivity index (χ0n) is 16.1. The molecule has 3 rings (SSSR count). The molecule has 2 aromatic carbocycles. The number of hydrogen-bond donors (Lipinski definition) is 0. The Kier molecular flexibility index (Phi) is 7.04. The first-order valence-corrected chi connectivity index (χ1v) is 10.3. The third-order valence-electron chi connectivity index (χ3n) is 4.59. The molecule has 6 nitrogen and oxygen atoms in total. The Balaban J connectivity index is 1.54. The number of ketones is 1. The van der Waals surface area contributed by atoms with Crippen LogP contribution >= 0.6 is 15.9 Å². The lowest BCUT2D eigenvalue weighted by Crippen LogP contribution is -2.27. The van der Waals surface area contributed by atoms with E-state index in [1.165, 1.54) is 0 Å². The van der Waals surface area contributed by atoms with Gasteiger partial charge in [0.2, 0.25) is 5.91 Å². The molecule has 0 saturated carbocycles. The van der Waals surface area contributed by atoms with Crippen molar-refractivity contribution in [3.8, 4) is 5.75 Å². The minimum absolute atomic E-state index is 0.0688. The van der Waals surface area contributed by atoms with E-state index in [2.05, 4.69) is 15.9 Å². The minimum atomic E-state index is -0.587. The number of rotatable bonds is 8. The lowest BCUT2D eigenvalue weighted by Gasteiger charge is -2.17. The molecule has 0 aliphatic carbocycles. The van der Waals surface area contributed by atoms with Gasteiger partial charge in [0.15, 0.2) is 12.4 Å². The molecule has 1 fully saturated rings. The van der Waals surface area contributed by atoms with Crippen LogP contribution in [0.25, 0.3) is 0 Å². The molecule has 1 aliphatic heterocycles. The van der Waals surface area contributed by atoms with E-state index in [1.807, 2.05) is 6.92 Å². The van der Waals surface area contributed by atoms with Crippen LogP contribution in [0.2, 0.25) is 0 Å². The summed E-state index contributed by atoms with van der Waals surface area (Å²) in [6.07, 6.45) is 0.986. The van der Waals surface area contributed by atoms with Gasteiger partial charge in [-0.2, -0.15) is 0 Å². The summed E-state index contributed by atoms with van der Waals surface area (Å²) in [5.41, 5.74) is 1.18. The molecule has 152 valence electrons. The average Bonchev–Trinajstić information content (AvgIpc) is 3.13. The normalized spacial score (nSPS) is 16.0. The molecule has 0 spiro atoms. The average molecular weight is 460 g/mol. The van der Waals surface area contributed by atoms with Gasteiger partial charge < -0.3 is 14.4 Å². The van der Waals surface area contributed by atoms with Crippen LogP contribution in [0, 0.1) is 5.92 Å². The summed E-state index contributed by atoms with van der Waals surface area (Å²) in [6, 6.07) is 14.0. The van der Waals surface area contributed by atoms with Crippen LogP contribution in [0.5, 0.6) is 5.75 Å². The number of amides is 1. The first-order chi connectivity index (χ1) is 14.0. The van der Waals surface area contributed by atoms with Gasteiger partial charge in [0.05, 0.1) is 12.5 Å². The Labute approximate surface area is 177 Å². The number of halogens is 1. The summed E-state index contributed by atoms with van der Waals surface area (Å²) in [5.74, 6) is -0.807. The van der Waals surface area contributed by atoms with Crippen molar-refractivity contribution in [2.45, 2.75) is 19.8 Å². The molecule has 0 aromatic heterocycles. The third kappa shape index (κ3) is 5.44. The quantitative estimate of drug-likeness (QED) is 0.440. The van der Waals surface area contributed by atoms with Crippen molar-refractivity contribution in [3.63, 3.8) is 0 Å². The second-order valence-corrected chi connectivity index (χ2v) is 7.70. The monoisotopic (exact) mass is 459 g/mol.